The van der Waals surface area contributed by atoms with Crippen LogP contribution in [0.2, 0.25) is 0 Å². The van der Waals surface area contributed by atoms with Gasteiger partial charge in [0.05, 0.1) is 12.8 Å². The highest BCUT2D eigenvalue weighted by Crippen LogP contribution is 2.29. The highest BCUT2D eigenvalue weighted by atomic mass is 16.5. The predicted octanol–water partition coefficient (Wildman–Crippen LogP) is 2.26. The molecule has 1 fully saturated rings. The summed E-state index contributed by atoms with van der Waals surface area (Å²) in [7, 11) is 1.69. The number of carbonyl (C=O) groups is 1. The van der Waals surface area contributed by atoms with Crippen LogP contribution in [0.5, 0.6) is 5.75 Å². The smallest absolute Gasteiger partial charge is 0.274 e. The minimum Gasteiger partial charge on any atom is -0.495 e. The van der Waals surface area contributed by atoms with Crippen molar-refractivity contribution in [2.24, 2.45) is 0 Å². The van der Waals surface area contributed by atoms with Crippen molar-refractivity contribution in [3.05, 3.63) is 41.2 Å². The quantitative estimate of drug-likeness (QED) is 0.931. The Labute approximate surface area is 147 Å². The first-order chi connectivity index (χ1) is 12.3. The SMILES string of the molecule is COc1ccccc1N1CCN(C(=O)c2n[nH]c3c2CCCC3)CC1. The van der Waals surface area contributed by atoms with Gasteiger partial charge in [-0.2, -0.15) is 5.10 Å². The maximum absolute atomic E-state index is 12.9. The number of fused-ring (bicyclic) bond motifs is 1. The number of ether oxygens (including phenoxy) is 1. The second-order valence-corrected chi connectivity index (χ2v) is 6.69. The van der Waals surface area contributed by atoms with E-state index in [1.54, 1.807) is 7.11 Å². The number of anilines is 1. The molecule has 25 heavy (non-hydrogen) atoms. The number of aryl methyl sites for hydroxylation is 1. The van der Waals surface area contributed by atoms with Crippen molar-refractivity contribution in [3.63, 3.8) is 0 Å². The largest absolute Gasteiger partial charge is 0.495 e. The molecule has 0 radical (unpaired) electrons. The Morgan fingerprint density at radius 1 is 1.12 bits per heavy atom. The number of hydrogen-bond acceptors (Lipinski definition) is 4. The van der Waals surface area contributed by atoms with Crippen molar-refractivity contribution in [1.29, 1.82) is 0 Å². The number of para-hydroxylation sites is 2. The minimum absolute atomic E-state index is 0.0686. The van der Waals surface area contributed by atoms with Gasteiger partial charge in [0.1, 0.15) is 5.75 Å². The summed E-state index contributed by atoms with van der Waals surface area (Å²) < 4.78 is 5.46. The van der Waals surface area contributed by atoms with Crippen LogP contribution in [-0.2, 0) is 12.8 Å². The number of aromatic amines is 1. The molecule has 132 valence electrons. The van der Waals surface area contributed by atoms with Gasteiger partial charge in [-0.1, -0.05) is 12.1 Å². The van der Waals surface area contributed by atoms with Crippen LogP contribution < -0.4 is 9.64 Å². The van der Waals surface area contributed by atoms with Crippen molar-refractivity contribution in [3.8, 4) is 5.75 Å². The molecule has 1 amide bonds. The molecule has 1 N–H and O–H groups in total. The summed E-state index contributed by atoms with van der Waals surface area (Å²) >= 11 is 0. The first-order valence-electron chi connectivity index (χ1n) is 9.01. The molecule has 1 saturated heterocycles. The van der Waals surface area contributed by atoms with Crippen LogP contribution in [0.3, 0.4) is 0 Å². The number of amides is 1. The van der Waals surface area contributed by atoms with Crippen LogP contribution in [-0.4, -0.2) is 54.3 Å². The first kappa shape index (κ1) is 16.0. The molecule has 6 heteroatoms. The molecule has 1 aromatic heterocycles. The Balaban J connectivity index is 1.45. The molecule has 0 bridgehead atoms. The summed E-state index contributed by atoms with van der Waals surface area (Å²) in [5, 5.41) is 7.40. The Morgan fingerprint density at radius 3 is 2.68 bits per heavy atom. The fourth-order valence-corrected chi connectivity index (χ4v) is 3.85. The average Bonchev–Trinajstić information content (AvgIpc) is 3.11. The molecular weight excluding hydrogens is 316 g/mol. The fraction of sp³-hybridized carbons (Fsp3) is 0.474. The first-order valence-corrected chi connectivity index (χ1v) is 9.01. The van der Waals surface area contributed by atoms with Gasteiger partial charge in [0.25, 0.3) is 5.91 Å². The molecular formula is C19H24N4O2. The molecule has 0 unspecified atom stereocenters. The number of methoxy groups -OCH3 is 1. The molecule has 0 saturated carbocycles. The normalized spacial score (nSPS) is 17.3. The number of piperazine rings is 1. The molecule has 0 atom stereocenters. The molecule has 6 nitrogen and oxygen atoms in total. The van der Waals surface area contributed by atoms with E-state index >= 15 is 0 Å². The van der Waals surface area contributed by atoms with Gasteiger partial charge in [-0.05, 0) is 37.8 Å². The van der Waals surface area contributed by atoms with E-state index in [4.69, 9.17) is 4.74 Å². The van der Waals surface area contributed by atoms with Gasteiger partial charge in [-0.15, -0.1) is 0 Å². The number of nitrogens with one attached hydrogen (secondary N) is 1. The Bertz CT molecular complexity index is 763. The highest BCUT2D eigenvalue weighted by Gasteiger charge is 2.28. The van der Waals surface area contributed by atoms with E-state index in [1.807, 2.05) is 23.1 Å². The molecule has 4 rings (SSSR count). The van der Waals surface area contributed by atoms with Gasteiger partial charge < -0.3 is 14.5 Å². The summed E-state index contributed by atoms with van der Waals surface area (Å²) in [6, 6.07) is 8.04. The van der Waals surface area contributed by atoms with Crippen molar-refractivity contribution in [1.82, 2.24) is 15.1 Å². The fourth-order valence-electron chi connectivity index (χ4n) is 3.85. The number of H-pyrrole nitrogens is 1. The van der Waals surface area contributed by atoms with E-state index in [0.29, 0.717) is 18.8 Å². The molecule has 2 aliphatic rings. The molecule has 1 aliphatic heterocycles. The van der Waals surface area contributed by atoms with Crippen LogP contribution in [0.25, 0.3) is 0 Å². The van der Waals surface area contributed by atoms with Gasteiger partial charge >= 0.3 is 0 Å². The number of rotatable bonds is 3. The molecule has 2 heterocycles. The van der Waals surface area contributed by atoms with Crippen LogP contribution in [0.1, 0.15) is 34.6 Å². The standard InChI is InChI=1S/C19H24N4O2/c1-25-17-9-5-4-8-16(17)22-10-12-23(13-11-22)19(24)18-14-6-2-3-7-15(14)20-21-18/h4-5,8-9H,2-3,6-7,10-13H2,1H3,(H,20,21). The summed E-state index contributed by atoms with van der Waals surface area (Å²) in [6.07, 6.45) is 4.31. The average molecular weight is 340 g/mol. The van der Waals surface area contributed by atoms with E-state index in [-0.39, 0.29) is 5.91 Å². The summed E-state index contributed by atoms with van der Waals surface area (Å²) in [5.74, 6) is 0.947. The maximum atomic E-state index is 12.9. The van der Waals surface area contributed by atoms with Crippen LogP contribution in [0, 0.1) is 0 Å². The van der Waals surface area contributed by atoms with Gasteiger partial charge in [-0.3, -0.25) is 9.89 Å². The van der Waals surface area contributed by atoms with E-state index in [9.17, 15) is 4.79 Å². The zero-order valence-electron chi connectivity index (χ0n) is 14.6. The van der Waals surface area contributed by atoms with Gasteiger partial charge in [-0.25, -0.2) is 0 Å². The number of aromatic nitrogens is 2. The highest BCUT2D eigenvalue weighted by molar-refractivity contribution is 5.94. The second-order valence-electron chi connectivity index (χ2n) is 6.69. The Morgan fingerprint density at radius 2 is 1.88 bits per heavy atom. The van der Waals surface area contributed by atoms with Crippen LogP contribution in [0.15, 0.2) is 24.3 Å². The zero-order valence-corrected chi connectivity index (χ0v) is 14.6. The summed E-state index contributed by atoms with van der Waals surface area (Å²) in [6.45, 7) is 3.02. The van der Waals surface area contributed by atoms with Crippen molar-refractivity contribution in [2.75, 3.05) is 38.2 Å². The number of carbonyl (C=O) groups excluding carboxylic acids is 1. The Kier molecular flexibility index (Phi) is 4.34. The molecule has 1 aromatic carbocycles. The van der Waals surface area contributed by atoms with Crippen LogP contribution >= 0.6 is 0 Å². The second kappa shape index (κ2) is 6.78. The predicted molar refractivity (Wildman–Crippen MR) is 96.3 cm³/mol. The Hall–Kier alpha value is -2.50. The van der Waals surface area contributed by atoms with Gasteiger partial charge in [0.15, 0.2) is 5.69 Å². The van der Waals surface area contributed by atoms with Gasteiger partial charge in [0, 0.05) is 37.4 Å². The molecule has 2 aromatic rings. The molecule has 0 spiro atoms. The number of hydrogen-bond donors (Lipinski definition) is 1. The number of benzene rings is 1. The van der Waals surface area contributed by atoms with E-state index < -0.39 is 0 Å². The van der Waals surface area contributed by atoms with Crippen molar-refractivity contribution < 1.29 is 9.53 Å². The third-order valence-corrected chi connectivity index (χ3v) is 5.25. The monoisotopic (exact) mass is 340 g/mol. The summed E-state index contributed by atoms with van der Waals surface area (Å²) in [5.41, 5.74) is 4.03. The lowest BCUT2D eigenvalue weighted by Gasteiger charge is -2.36. The maximum Gasteiger partial charge on any atom is 0.274 e. The lowest BCUT2D eigenvalue weighted by atomic mass is 9.95. The third kappa shape index (κ3) is 2.97. The zero-order chi connectivity index (χ0) is 17.2. The number of nitrogens with zero attached hydrogens (tertiary/aromatic N) is 3. The summed E-state index contributed by atoms with van der Waals surface area (Å²) in [4.78, 5) is 17.1. The third-order valence-electron chi connectivity index (χ3n) is 5.25. The lowest BCUT2D eigenvalue weighted by molar-refractivity contribution is 0.0739. The van der Waals surface area contributed by atoms with Gasteiger partial charge in [0.2, 0.25) is 0 Å². The van der Waals surface area contributed by atoms with Crippen molar-refractivity contribution >= 4 is 11.6 Å². The van der Waals surface area contributed by atoms with E-state index in [1.165, 1.54) is 6.42 Å². The van der Waals surface area contributed by atoms with Crippen molar-refractivity contribution in [2.45, 2.75) is 25.7 Å². The molecule has 1 aliphatic carbocycles. The topological polar surface area (TPSA) is 61.5 Å². The van der Waals surface area contributed by atoms with E-state index in [0.717, 1.165) is 55.0 Å². The van der Waals surface area contributed by atoms with E-state index in [2.05, 4.69) is 21.2 Å². The van der Waals surface area contributed by atoms with Crippen LogP contribution in [0.4, 0.5) is 5.69 Å². The minimum atomic E-state index is 0.0686. The lowest BCUT2D eigenvalue weighted by Crippen LogP contribution is -2.49.